The Labute approximate surface area is 94.0 Å². The lowest BCUT2D eigenvalue weighted by atomic mass is 10.1. The van der Waals surface area contributed by atoms with E-state index >= 15 is 0 Å². The largest absolute Gasteiger partial charge is 0.398 e. The van der Waals surface area contributed by atoms with Gasteiger partial charge in [0.15, 0.2) is 0 Å². The van der Waals surface area contributed by atoms with Crippen molar-refractivity contribution in [2.24, 2.45) is 0 Å². The van der Waals surface area contributed by atoms with Gasteiger partial charge in [0, 0.05) is 22.8 Å². The van der Waals surface area contributed by atoms with E-state index in [1.807, 2.05) is 6.07 Å². The summed E-state index contributed by atoms with van der Waals surface area (Å²) in [4.78, 5) is 3.81. The highest BCUT2D eigenvalue weighted by atomic mass is 79.9. The highest BCUT2D eigenvalue weighted by Gasteiger charge is 2.17. The van der Waals surface area contributed by atoms with Gasteiger partial charge in [-0.05, 0) is 0 Å². The van der Waals surface area contributed by atoms with Crippen molar-refractivity contribution < 1.29 is 8.78 Å². The first kappa shape index (κ1) is 11.9. The minimum atomic E-state index is -2.65. The minimum absolute atomic E-state index is 0.0159. The third kappa shape index (κ3) is 2.42. The van der Waals surface area contributed by atoms with E-state index in [0.717, 1.165) is 6.20 Å². The van der Waals surface area contributed by atoms with Gasteiger partial charge in [-0.3, -0.25) is 4.98 Å². The molecule has 0 saturated carbocycles. The molecule has 6 heteroatoms. The second-order valence-corrected chi connectivity index (χ2v) is 3.38. The van der Waals surface area contributed by atoms with Crippen LogP contribution in [-0.2, 0) is 11.8 Å². The molecule has 1 heterocycles. The molecule has 1 aromatic rings. The Balaban J connectivity index is 3.27. The van der Waals surface area contributed by atoms with E-state index in [1.165, 1.54) is 0 Å². The van der Waals surface area contributed by atoms with Gasteiger partial charge < -0.3 is 5.73 Å². The molecule has 0 fully saturated rings. The number of hydrogen-bond donors (Lipinski definition) is 1. The molecular weight excluding hydrogens is 268 g/mol. The van der Waals surface area contributed by atoms with Crippen molar-refractivity contribution in [3.63, 3.8) is 0 Å². The topological polar surface area (TPSA) is 62.7 Å². The van der Waals surface area contributed by atoms with Gasteiger partial charge in [-0.25, -0.2) is 8.78 Å². The van der Waals surface area contributed by atoms with Gasteiger partial charge in [0.2, 0.25) is 0 Å². The van der Waals surface area contributed by atoms with Crippen molar-refractivity contribution in [3.8, 4) is 6.07 Å². The summed E-state index contributed by atoms with van der Waals surface area (Å²) in [5, 5.41) is 8.82. The number of alkyl halides is 3. The highest BCUT2D eigenvalue weighted by Crippen LogP contribution is 2.29. The average molecular weight is 276 g/mol. The molecular formula is C9H8BrF2N3. The molecule has 1 rings (SSSR count). The summed E-state index contributed by atoms with van der Waals surface area (Å²) in [5.41, 5.74) is 6.20. The van der Waals surface area contributed by atoms with E-state index in [9.17, 15) is 8.78 Å². The molecule has 0 aromatic carbocycles. The van der Waals surface area contributed by atoms with E-state index in [4.69, 9.17) is 11.0 Å². The molecule has 0 amide bonds. The minimum Gasteiger partial charge on any atom is -0.398 e. The van der Waals surface area contributed by atoms with E-state index < -0.39 is 6.43 Å². The van der Waals surface area contributed by atoms with Crippen LogP contribution in [0, 0.1) is 11.3 Å². The first-order valence-electron chi connectivity index (χ1n) is 4.09. The fourth-order valence-corrected chi connectivity index (χ4v) is 1.80. The SMILES string of the molecule is N#CCc1ncc(C(F)F)c(N)c1CBr. The Morgan fingerprint density at radius 1 is 1.60 bits per heavy atom. The lowest BCUT2D eigenvalue weighted by molar-refractivity contribution is 0.151. The average Bonchev–Trinajstić information content (AvgIpc) is 2.18. The highest BCUT2D eigenvalue weighted by molar-refractivity contribution is 9.08. The summed E-state index contributed by atoms with van der Waals surface area (Å²) >= 11 is 3.14. The number of nitrogens with zero attached hydrogens (tertiary/aromatic N) is 2. The van der Waals surface area contributed by atoms with Crippen LogP contribution in [0.4, 0.5) is 14.5 Å². The van der Waals surface area contributed by atoms with Crippen molar-refractivity contribution in [1.29, 1.82) is 5.26 Å². The molecule has 0 saturated heterocycles. The number of pyridine rings is 1. The van der Waals surface area contributed by atoms with Crippen LogP contribution in [0.25, 0.3) is 0 Å². The van der Waals surface area contributed by atoms with Crippen LogP contribution in [-0.4, -0.2) is 4.98 Å². The van der Waals surface area contributed by atoms with Crippen LogP contribution in [0.1, 0.15) is 23.2 Å². The van der Waals surface area contributed by atoms with E-state index in [-0.39, 0.29) is 17.7 Å². The van der Waals surface area contributed by atoms with Crippen LogP contribution in [0.15, 0.2) is 6.20 Å². The summed E-state index contributed by atoms with van der Waals surface area (Å²) in [6.45, 7) is 0. The van der Waals surface area contributed by atoms with Gasteiger partial charge in [0.05, 0.1) is 23.7 Å². The number of anilines is 1. The standard InChI is InChI=1S/C9H8BrF2N3/c10-3-5-7(1-2-13)15-4-6(8(5)14)9(11)12/h4,9H,1,3H2,(H2,14,15). The number of hydrogen-bond acceptors (Lipinski definition) is 3. The van der Waals surface area contributed by atoms with Gasteiger partial charge in [0.25, 0.3) is 6.43 Å². The molecule has 0 atom stereocenters. The Hall–Kier alpha value is -1.22. The molecule has 0 aliphatic carbocycles. The lowest BCUT2D eigenvalue weighted by Gasteiger charge is -2.11. The van der Waals surface area contributed by atoms with Crippen LogP contribution in [0.2, 0.25) is 0 Å². The number of nitrogens with two attached hydrogens (primary N) is 1. The van der Waals surface area contributed by atoms with E-state index in [1.54, 1.807) is 0 Å². The molecule has 0 aliphatic rings. The molecule has 0 spiro atoms. The molecule has 0 unspecified atom stereocenters. The zero-order chi connectivity index (χ0) is 11.4. The monoisotopic (exact) mass is 275 g/mol. The third-order valence-corrected chi connectivity index (χ3v) is 2.52. The van der Waals surface area contributed by atoms with Crippen molar-refractivity contribution in [2.45, 2.75) is 18.2 Å². The van der Waals surface area contributed by atoms with Crippen molar-refractivity contribution >= 4 is 21.6 Å². The van der Waals surface area contributed by atoms with Gasteiger partial charge in [-0.1, -0.05) is 15.9 Å². The molecule has 1 aromatic heterocycles. The molecule has 15 heavy (non-hydrogen) atoms. The summed E-state index contributed by atoms with van der Waals surface area (Å²) < 4.78 is 24.9. The van der Waals surface area contributed by atoms with Crippen LogP contribution in [0.3, 0.4) is 0 Å². The van der Waals surface area contributed by atoms with E-state index in [2.05, 4.69) is 20.9 Å². The van der Waals surface area contributed by atoms with Gasteiger partial charge in [-0.15, -0.1) is 0 Å². The molecule has 3 nitrogen and oxygen atoms in total. The third-order valence-electron chi connectivity index (χ3n) is 1.96. The van der Waals surface area contributed by atoms with Gasteiger partial charge in [-0.2, -0.15) is 5.26 Å². The smallest absolute Gasteiger partial charge is 0.267 e. The predicted molar refractivity (Wildman–Crippen MR) is 55.6 cm³/mol. The Morgan fingerprint density at radius 2 is 2.27 bits per heavy atom. The summed E-state index contributed by atoms with van der Waals surface area (Å²) in [6.07, 6.45) is -1.56. The number of nitriles is 1. The number of nitrogen functional groups attached to an aromatic ring is 1. The molecule has 0 aliphatic heterocycles. The number of rotatable bonds is 3. The Kier molecular flexibility index (Phi) is 3.97. The fourth-order valence-electron chi connectivity index (χ4n) is 1.17. The maximum Gasteiger partial charge on any atom is 0.267 e. The second kappa shape index (κ2) is 5.03. The summed E-state index contributed by atoms with van der Waals surface area (Å²) in [5.74, 6) is 0. The zero-order valence-electron chi connectivity index (χ0n) is 7.67. The van der Waals surface area contributed by atoms with E-state index in [0.29, 0.717) is 16.6 Å². The molecule has 0 bridgehead atoms. The first-order valence-corrected chi connectivity index (χ1v) is 5.21. The van der Waals surface area contributed by atoms with Crippen LogP contribution in [0.5, 0.6) is 0 Å². The maximum absolute atomic E-state index is 12.5. The molecule has 2 N–H and O–H groups in total. The van der Waals surface area contributed by atoms with Crippen molar-refractivity contribution in [3.05, 3.63) is 23.0 Å². The predicted octanol–water partition coefficient (Wildman–Crippen LogP) is 2.56. The second-order valence-electron chi connectivity index (χ2n) is 2.82. The molecule has 80 valence electrons. The fraction of sp³-hybridized carbons (Fsp3) is 0.333. The molecule has 0 radical (unpaired) electrons. The number of halogens is 3. The number of aromatic nitrogens is 1. The normalized spacial score (nSPS) is 10.3. The Bertz CT molecular complexity index is 401. The maximum atomic E-state index is 12.5. The van der Waals surface area contributed by atoms with Crippen molar-refractivity contribution in [2.75, 3.05) is 5.73 Å². The van der Waals surface area contributed by atoms with Gasteiger partial charge >= 0.3 is 0 Å². The quantitative estimate of drug-likeness (QED) is 0.863. The summed E-state index contributed by atoms with van der Waals surface area (Å²) in [6, 6.07) is 1.91. The van der Waals surface area contributed by atoms with Crippen LogP contribution < -0.4 is 5.73 Å². The summed E-state index contributed by atoms with van der Waals surface area (Å²) in [7, 11) is 0. The zero-order valence-corrected chi connectivity index (χ0v) is 9.26. The van der Waals surface area contributed by atoms with Crippen LogP contribution >= 0.6 is 15.9 Å². The van der Waals surface area contributed by atoms with Gasteiger partial charge in [0.1, 0.15) is 0 Å². The first-order chi connectivity index (χ1) is 7.11. The van der Waals surface area contributed by atoms with Crippen molar-refractivity contribution in [1.82, 2.24) is 4.98 Å². The Morgan fingerprint density at radius 3 is 2.73 bits per heavy atom. The lowest BCUT2D eigenvalue weighted by Crippen LogP contribution is -2.05.